The van der Waals surface area contributed by atoms with E-state index in [1.165, 1.54) is 0 Å². The first-order valence-electron chi connectivity index (χ1n) is 7.55. The maximum Gasteiger partial charge on any atom is 0.258 e. The summed E-state index contributed by atoms with van der Waals surface area (Å²) in [5.74, 6) is 0. The molecule has 0 atom stereocenters. The smallest absolute Gasteiger partial charge is 0.258 e. The molecule has 0 amide bonds. The van der Waals surface area contributed by atoms with E-state index >= 15 is 0 Å². The lowest BCUT2D eigenvalue weighted by Crippen LogP contribution is -2.22. The van der Waals surface area contributed by atoms with Gasteiger partial charge in [0, 0.05) is 34.9 Å². The van der Waals surface area contributed by atoms with Gasteiger partial charge in [-0.05, 0) is 43.8 Å². The van der Waals surface area contributed by atoms with Gasteiger partial charge < -0.3 is 0 Å². The summed E-state index contributed by atoms with van der Waals surface area (Å²) in [5.41, 5.74) is 3.19. The number of nitrogens with zero attached hydrogens (tertiary/aromatic N) is 3. The summed E-state index contributed by atoms with van der Waals surface area (Å²) in [5, 5.41) is 1.25. The third-order valence-corrected chi connectivity index (χ3v) is 4.41. The molecule has 0 spiro atoms. The van der Waals surface area contributed by atoms with Crippen molar-refractivity contribution in [3.63, 3.8) is 0 Å². The molecule has 0 aliphatic carbocycles. The molecule has 2 heterocycles. The molecule has 124 valence electrons. The SMILES string of the molecule is Cc1cccc2nc(CN(C)Cc3ccc(Cl)cc3Cl)cc(=O)n12. The number of aromatic nitrogens is 2. The van der Waals surface area contributed by atoms with E-state index in [1.54, 1.807) is 16.5 Å². The summed E-state index contributed by atoms with van der Waals surface area (Å²) in [4.78, 5) is 19.0. The molecule has 1 aromatic carbocycles. The first-order valence-corrected chi connectivity index (χ1v) is 8.30. The van der Waals surface area contributed by atoms with Crippen LogP contribution in [0, 0.1) is 6.92 Å². The van der Waals surface area contributed by atoms with E-state index in [0.717, 1.165) is 17.0 Å². The van der Waals surface area contributed by atoms with E-state index < -0.39 is 0 Å². The van der Waals surface area contributed by atoms with Gasteiger partial charge >= 0.3 is 0 Å². The van der Waals surface area contributed by atoms with Crippen molar-refractivity contribution in [2.75, 3.05) is 7.05 Å². The quantitative estimate of drug-likeness (QED) is 0.706. The fourth-order valence-corrected chi connectivity index (χ4v) is 3.19. The predicted molar refractivity (Wildman–Crippen MR) is 97.8 cm³/mol. The van der Waals surface area contributed by atoms with E-state index in [4.69, 9.17) is 23.2 Å². The topological polar surface area (TPSA) is 37.6 Å². The lowest BCUT2D eigenvalue weighted by molar-refractivity contribution is 0.315. The van der Waals surface area contributed by atoms with Crippen molar-refractivity contribution in [1.82, 2.24) is 14.3 Å². The van der Waals surface area contributed by atoms with Crippen molar-refractivity contribution < 1.29 is 0 Å². The molecule has 0 saturated carbocycles. The van der Waals surface area contributed by atoms with Crippen molar-refractivity contribution in [1.29, 1.82) is 0 Å². The normalized spacial score (nSPS) is 11.4. The number of pyridine rings is 1. The maximum atomic E-state index is 12.3. The Morgan fingerprint density at radius 3 is 2.67 bits per heavy atom. The molecule has 24 heavy (non-hydrogen) atoms. The van der Waals surface area contributed by atoms with E-state index in [-0.39, 0.29) is 5.56 Å². The zero-order chi connectivity index (χ0) is 17.3. The summed E-state index contributed by atoms with van der Waals surface area (Å²) in [6, 6.07) is 12.7. The summed E-state index contributed by atoms with van der Waals surface area (Å²) >= 11 is 12.1. The van der Waals surface area contributed by atoms with Crippen LogP contribution in [0.4, 0.5) is 0 Å². The first kappa shape index (κ1) is 17.0. The molecule has 0 saturated heterocycles. The van der Waals surface area contributed by atoms with Crippen molar-refractivity contribution in [2.45, 2.75) is 20.0 Å². The van der Waals surface area contributed by atoms with Gasteiger partial charge in [-0.1, -0.05) is 35.3 Å². The van der Waals surface area contributed by atoms with Gasteiger partial charge in [-0.15, -0.1) is 0 Å². The number of halogens is 2. The average Bonchev–Trinajstić information content (AvgIpc) is 2.50. The molecule has 0 unspecified atom stereocenters. The van der Waals surface area contributed by atoms with E-state index in [9.17, 15) is 4.79 Å². The minimum Gasteiger partial charge on any atom is -0.296 e. The monoisotopic (exact) mass is 361 g/mol. The van der Waals surface area contributed by atoms with Crippen molar-refractivity contribution >= 4 is 28.8 Å². The summed E-state index contributed by atoms with van der Waals surface area (Å²) in [7, 11) is 1.96. The number of hydrogen-bond donors (Lipinski definition) is 0. The maximum absolute atomic E-state index is 12.3. The molecule has 4 nitrogen and oxygen atoms in total. The van der Waals surface area contributed by atoms with Crippen molar-refractivity contribution in [2.24, 2.45) is 0 Å². The molecule has 3 aromatic rings. The zero-order valence-corrected chi connectivity index (χ0v) is 15.0. The molecular weight excluding hydrogens is 345 g/mol. The van der Waals surface area contributed by atoms with Gasteiger partial charge in [-0.25, -0.2) is 4.98 Å². The van der Waals surface area contributed by atoms with Crippen LogP contribution in [0.25, 0.3) is 5.65 Å². The summed E-state index contributed by atoms with van der Waals surface area (Å²) in [6.07, 6.45) is 0. The number of hydrogen-bond acceptors (Lipinski definition) is 3. The van der Waals surface area contributed by atoms with E-state index in [2.05, 4.69) is 9.88 Å². The molecule has 0 aliphatic rings. The second-order valence-electron chi connectivity index (χ2n) is 5.85. The molecule has 0 radical (unpaired) electrons. The van der Waals surface area contributed by atoms with Crippen molar-refractivity contribution in [3.8, 4) is 0 Å². The number of rotatable bonds is 4. The Morgan fingerprint density at radius 1 is 1.12 bits per heavy atom. The third kappa shape index (κ3) is 3.61. The Bertz CT molecular complexity index is 953. The van der Waals surface area contributed by atoms with Crippen LogP contribution in [0.3, 0.4) is 0 Å². The largest absolute Gasteiger partial charge is 0.296 e. The minimum absolute atomic E-state index is 0.0639. The Morgan fingerprint density at radius 2 is 1.92 bits per heavy atom. The molecule has 0 aliphatic heterocycles. The van der Waals surface area contributed by atoms with Crippen LogP contribution < -0.4 is 5.56 Å². The first-order chi connectivity index (χ1) is 11.4. The van der Waals surface area contributed by atoms with Crippen LogP contribution >= 0.6 is 23.2 Å². The summed E-state index contributed by atoms with van der Waals surface area (Å²) in [6.45, 7) is 3.09. The molecule has 0 bridgehead atoms. The van der Waals surface area contributed by atoms with Gasteiger partial charge in [0.15, 0.2) is 0 Å². The van der Waals surface area contributed by atoms with Gasteiger partial charge in [0.2, 0.25) is 0 Å². The summed E-state index contributed by atoms with van der Waals surface area (Å²) < 4.78 is 1.61. The Balaban J connectivity index is 1.83. The highest BCUT2D eigenvalue weighted by Gasteiger charge is 2.09. The third-order valence-electron chi connectivity index (χ3n) is 3.82. The fraction of sp³-hybridized carbons (Fsp3) is 0.222. The highest BCUT2D eigenvalue weighted by Crippen LogP contribution is 2.22. The van der Waals surface area contributed by atoms with Crippen molar-refractivity contribution in [3.05, 3.63) is 79.8 Å². The van der Waals surface area contributed by atoms with Crippen LogP contribution in [0.15, 0.2) is 47.3 Å². The molecule has 0 N–H and O–H groups in total. The lowest BCUT2D eigenvalue weighted by atomic mass is 10.2. The van der Waals surface area contributed by atoms with Crippen LogP contribution in [-0.2, 0) is 13.1 Å². The molecular formula is C18H17Cl2N3O. The lowest BCUT2D eigenvalue weighted by Gasteiger charge is -2.17. The van der Waals surface area contributed by atoms with E-state index in [1.807, 2.05) is 44.3 Å². The highest BCUT2D eigenvalue weighted by atomic mass is 35.5. The number of fused-ring (bicyclic) bond motifs is 1. The second-order valence-corrected chi connectivity index (χ2v) is 6.70. The molecule has 0 fully saturated rings. The van der Waals surface area contributed by atoms with Gasteiger partial charge in [-0.3, -0.25) is 14.1 Å². The zero-order valence-electron chi connectivity index (χ0n) is 13.5. The second kappa shape index (κ2) is 6.93. The number of aryl methyl sites for hydroxylation is 1. The van der Waals surface area contributed by atoms with Crippen LogP contribution in [0.1, 0.15) is 17.0 Å². The Hall–Kier alpha value is -1.88. The minimum atomic E-state index is -0.0639. The Labute approximate surface area is 150 Å². The van der Waals surface area contributed by atoms with E-state index in [0.29, 0.717) is 28.8 Å². The molecule has 6 heteroatoms. The average molecular weight is 362 g/mol. The van der Waals surface area contributed by atoms with Crippen LogP contribution in [-0.4, -0.2) is 21.3 Å². The van der Waals surface area contributed by atoms with Gasteiger partial charge in [0.25, 0.3) is 5.56 Å². The Kier molecular flexibility index (Phi) is 4.90. The van der Waals surface area contributed by atoms with Gasteiger partial charge in [0.05, 0.1) is 5.69 Å². The molecule has 2 aromatic heterocycles. The fourth-order valence-electron chi connectivity index (χ4n) is 2.72. The standard InChI is InChI=1S/C18H17Cl2N3O/c1-12-4-3-5-17-21-15(9-18(24)23(12)17)11-22(2)10-13-6-7-14(19)8-16(13)20/h3-9H,10-11H2,1-2H3. The molecule has 3 rings (SSSR count). The number of benzene rings is 1. The highest BCUT2D eigenvalue weighted by molar-refractivity contribution is 6.35. The van der Waals surface area contributed by atoms with Crippen LogP contribution in [0.5, 0.6) is 0 Å². The predicted octanol–water partition coefficient (Wildman–Crippen LogP) is 3.94. The van der Waals surface area contributed by atoms with Gasteiger partial charge in [-0.2, -0.15) is 0 Å². The van der Waals surface area contributed by atoms with Crippen LogP contribution in [0.2, 0.25) is 10.0 Å². The van der Waals surface area contributed by atoms with Gasteiger partial charge in [0.1, 0.15) is 5.65 Å².